The van der Waals surface area contributed by atoms with Gasteiger partial charge in [0.15, 0.2) is 0 Å². The molecule has 0 bridgehead atoms. The van der Waals surface area contributed by atoms with Gasteiger partial charge in [0.25, 0.3) is 0 Å². The number of halogens is 1. The zero-order valence-electron chi connectivity index (χ0n) is 15.9. The highest BCUT2D eigenvalue weighted by atomic mass is 35.5. The van der Waals surface area contributed by atoms with Crippen LogP contribution in [0.3, 0.4) is 0 Å². The molecule has 0 spiro atoms. The number of ether oxygens (including phenoxy) is 1. The average Bonchev–Trinajstić information content (AvgIpc) is 3.21. The van der Waals surface area contributed by atoms with Gasteiger partial charge in [-0.1, -0.05) is 11.6 Å². The minimum atomic E-state index is 0.436. The highest BCUT2D eigenvalue weighted by Gasteiger charge is 2.24. The molecule has 0 saturated heterocycles. The predicted molar refractivity (Wildman–Crippen MR) is 106 cm³/mol. The van der Waals surface area contributed by atoms with Crippen molar-refractivity contribution < 1.29 is 4.74 Å². The summed E-state index contributed by atoms with van der Waals surface area (Å²) in [6.45, 7) is 2.62. The molecule has 2 aromatic heterocycles. The van der Waals surface area contributed by atoms with Gasteiger partial charge in [-0.25, -0.2) is 4.98 Å². The molecule has 2 aromatic rings. The van der Waals surface area contributed by atoms with Gasteiger partial charge in [0, 0.05) is 12.2 Å². The molecular weight excluding hydrogens is 364 g/mol. The number of anilines is 2. The molecule has 2 atom stereocenters. The van der Waals surface area contributed by atoms with Crippen LogP contribution in [0.4, 0.5) is 11.6 Å². The summed E-state index contributed by atoms with van der Waals surface area (Å²) in [7, 11) is 2.02. The Bertz CT molecular complexity index is 791. The zero-order valence-corrected chi connectivity index (χ0v) is 16.7. The van der Waals surface area contributed by atoms with E-state index in [2.05, 4.69) is 25.7 Å². The molecule has 2 aliphatic rings. The maximum Gasteiger partial charge on any atom is 0.237 e. The molecule has 27 heavy (non-hydrogen) atoms. The summed E-state index contributed by atoms with van der Waals surface area (Å²) in [5.41, 5.74) is 1.86. The summed E-state index contributed by atoms with van der Waals surface area (Å²) in [5.74, 6) is 1.45. The van der Waals surface area contributed by atoms with Crippen LogP contribution in [0, 0.1) is 12.8 Å². The molecule has 2 heterocycles. The first-order chi connectivity index (χ1) is 13.1. The lowest BCUT2D eigenvalue weighted by Crippen LogP contribution is -2.22. The lowest BCUT2D eigenvalue weighted by atomic mass is 9.93. The second kappa shape index (κ2) is 8.02. The van der Waals surface area contributed by atoms with Gasteiger partial charge in [0.05, 0.1) is 30.2 Å². The second-order valence-corrected chi connectivity index (χ2v) is 8.05. The molecule has 2 fully saturated rings. The first-order valence-electron chi connectivity index (χ1n) is 9.77. The third kappa shape index (κ3) is 4.19. The third-order valence-electron chi connectivity index (χ3n) is 5.73. The average molecular weight is 391 g/mol. The van der Waals surface area contributed by atoms with E-state index in [0.717, 1.165) is 17.8 Å². The molecule has 0 amide bonds. The van der Waals surface area contributed by atoms with Gasteiger partial charge >= 0.3 is 0 Å². The van der Waals surface area contributed by atoms with Gasteiger partial charge in [-0.2, -0.15) is 10.1 Å². The van der Waals surface area contributed by atoms with E-state index in [1.165, 1.54) is 32.1 Å². The van der Waals surface area contributed by atoms with Crippen LogP contribution in [0.25, 0.3) is 0 Å². The smallest absolute Gasteiger partial charge is 0.237 e. The predicted octanol–water partition coefficient (Wildman–Crippen LogP) is 3.87. The molecule has 2 saturated carbocycles. The van der Waals surface area contributed by atoms with Crippen molar-refractivity contribution in [3.63, 3.8) is 0 Å². The quantitative estimate of drug-likeness (QED) is 0.747. The molecular formula is C19H27ClN6O. The van der Waals surface area contributed by atoms with Gasteiger partial charge in [0.1, 0.15) is 5.02 Å². The fourth-order valence-electron chi connectivity index (χ4n) is 3.76. The van der Waals surface area contributed by atoms with Crippen molar-refractivity contribution in [3.05, 3.63) is 23.1 Å². The lowest BCUT2D eigenvalue weighted by molar-refractivity contribution is 0.241. The number of nitrogens with zero attached hydrogens (tertiary/aromatic N) is 4. The summed E-state index contributed by atoms with van der Waals surface area (Å²) in [4.78, 5) is 8.76. The summed E-state index contributed by atoms with van der Waals surface area (Å²) in [6.07, 6.45) is 10.8. The van der Waals surface area contributed by atoms with E-state index in [4.69, 9.17) is 16.3 Å². The fourth-order valence-corrected chi connectivity index (χ4v) is 3.91. The van der Waals surface area contributed by atoms with Crippen molar-refractivity contribution in [1.82, 2.24) is 25.1 Å². The minimum absolute atomic E-state index is 0.436. The van der Waals surface area contributed by atoms with Crippen LogP contribution < -0.4 is 15.4 Å². The number of hydrogen-bond donors (Lipinski definition) is 2. The van der Waals surface area contributed by atoms with Crippen LogP contribution in [0.1, 0.15) is 50.3 Å². The summed E-state index contributed by atoms with van der Waals surface area (Å²) in [5, 5.41) is 11.6. The van der Waals surface area contributed by atoms with Crippen LogP contribution in [0.5, 0.6) is 5.88 Å². The Morgan fingerprint density at radius 1 is 1.30 bits per heavy atom. The third-order valence-corrected chi connectivity index (χ3v) is 5.99. The fraction of sp³-hybridized carbons (Fsp3) is 0.632. The Balaban J connectivity index is 1.40. The van der Waals surface area contributed by atoms with E-state index in [9.17, 15) is 0 Å². The number of nitrogens with one attached hydrogen (secondary N) is 2. The van der Waals surface area contributed by atoms with E-state index >= 15 is 0 Å². The topological polar surface area (TPSA) is 76.9 Å². The molecule has 8 heteroatoms. The maximum absolute atomic E-state index is 6.24. The second-order valence-electron chi connectivity index (χ2n) is 7.64. The summed E-state index contributed by atoms with van der Waals surface area (Å²) >= 11 is 6.24. The van der Waals surface area contributed by atoms with Crippen molar-refractivity contribution in [1.29, 1.82) is 0 Å². The van der Waals surface area contributed by atoms with Gasteiger partial charge in [-0.05, 0) is 58.4 Å². The van der Waals surface area contributed by atoms with Crippen LogP contribution in [-0.2, 0) is 0 Å². The molecule has 2 aliphatic carbocycles. The Kier molecular flexibility index (Phi) is 5.50. The Morgan fingerprint density at radius 3 is 2.85 bits per heavy atom. The Hall–Kier alpha value is -1.86. The summed E-state index contributed by atoms with van der Waals surface area (Å²) < 4.78 is 7.97. The van der Waals surface area contributed by atoms with Crippen LogP contribution >= 0.6 is 11.6 Å². The van der Waals surface area contributed by atoms with E-state index in [1.54, 1.807) is 6.20 Å². The molecule has 4 rings (SSSR count). The molecule has 146 valence electrons. The van der Waals surface area contributed by atoms with Gasteiger partial charge in [-0.15, -0.1) is 0 Å². The van der Waals surface area contributed by atoms with E-state index in [1.807, 2.05) is 24.9 Å². The van der Waals surface area contributed by atoms with Crippen LogP contribution in [-0.4, -0.2) is 39.4 Å². The van der Waals surface area contributed by atoms with Crippen molar-refractivity contribution in [2.75, 3.05) is 19.0 Å². The van der Waals surface area contributed by atoms with Crippen LogP contribution in [0.15, 0.2) is 12.4 Å². The molecule has 0 aliphatic heterocycles. The lowest BCUT2D eigenvalue weighted by Gasteiger charge is -2.25. The van der Waals surface area contributed by atoms with Gasteiger partial charge < -0.3 is 15.4 Å². The molecule has 7 nitrogen and oxygen atoms in total. The number of hydrogen-bond acceptors (Lipinski definition) is 6. The standard InChI is InChI=1S/C19H27ClN6O/c1-12-17(10-26(25-12)15-4-3-5-15)23-19-22-9-16(20)18(24-19)27-11-13-6-7-14(8-13)21-2/h9-10,13-15,21H,3-8,11H2,1-2H3,(H,22,23,24)/t13-,14+/m1/s1. The first kappa shape index (κ1) is 18.5. The summed E-state index contributed by atoms with van der Waals surface area (Å²) in [6, 6.07) is 1.11. The van der Waals surface area contributed by atoms with Crippen molar-refractivity contribution in [2.45, 2.75) is 57.5 Å². The van der Waals surface area contributed by atoms with E-state index in [-0.39, 0.29) is 0 Å². The molecule has 0 unspecified atom stereocenters. The molecule has 0 radical (unpaired) electrons. The molecule has 2 N–H and O–H groups in total. The number of rotatable bonds is 7. The maximum atomic E-state index is 6.24. The van der Waals surface area contributed by atoms with Gasteiger partial charge in [-0.3, -0.25) is 4.68 Å². The van der Waals surface area contributed by atoms with Crippen molar-refractivity contribution in [2.24, 2.45) is 5.92 Å². The number of aromatic nitrogens is 4. The first-order valence-corrected chi connectivity index (χ1v) is 10.2. The Morgan fingerprint density at radius 2 is 2.15 bits per heavy atom. The van der Waals surface area contributed by atoms with Gasteiger partial charge in [0.2, 0.25) is 11.8 Å². The van der Waals surface area contributed by atoms with Crippen molar-refractivity contribution >= 4 is 23.2 Å². The number of aryl methyl sites for hydroxylation is 1. The molecule has 0 aromatic carbocycles. The minimum Gasteiger partial charge on any atom is -0.476 e. The SMILES string of the molecule is CN[C@H]1CC[C@@H](COc2nc(Nc3cn(C4CCC4)nc3C)ncc2Cl)C1. The highest BCUT2D eigenvalue weighted by Crippen LogP contribution is 2.33. The van der Waals surface area contributed by atoms with E-state index < -0.39 is 0 Å². The largest absolute Gasteiger partial charge is 0.476 e. The van der Waals surface area contributed by atoms with Crippen molar-refractivity contribution in [3.8, 4) is 5.88 Å². The normalized spacial score (nSPS) is 22.6. The zero-order chi connectivity index (χ0) is 18.8. The Labute approximate surface area is 164 Å². The van der Waals surface area contributed by atoms with E-state index in [0.29, 0.717) is 41.5 Å². The van der Waals surface area contributed by atoms with Crippen LogP contribution in [0.2, 0.25) is 5.02 Å². The highest BCUT2D eigenvalue weighted by molar-refractivity contribution is 6.31. The monoisotopic (exact) mass is 390 g/mol.